The van der Waals surface area contributed by atoms with Crippen LogP contribution in [0.2, 0.25) is 0 Å². The van der Waals surface area contributed by atoms with Gasteiger partial charge in [0.25, 0.3) is 0 Å². The molecule has 0 unspecified atom stereocenters. The van der Waals surface area contributed by atoms with Gasteiger partial charge >= 0.3 is 12.1 Å². The van der Waals surface area contributed by atoms with Gasteiger partial charge in [0, 0.05) is 17.5 Å². The predicted molar refractivity (Wildman–Crippen MR) is 89.6 cm³/mol. The Labute approximate surface area is 150 Å². The fourth-order valence-corrected chi connectivity index (χ4v) is 2.59. The maximum atomic E-state index is 10.6. The summed E-state index contributed by atoms with van der Waals surface area (Å²) in [5.74, 6) is -1.11. The Morgan fingerprint density at radius 3 is 2.65 bits per heavy atom. The van der Waals surface area contributed by atoms with Crippen LogP contribution in [0, 0.1) is 6.92 Å². The Hall–Kier alpha value is -2.59. The molecule has 0 aliphatic carbocycles. The minimum Gasteiger partial charge on any atom is -0.475 e. The molecule has 2 heterocycles. The second-order valence-corrected chi connectivity index (χ2v) is 5.87. The Morgan fingerprint density at radius 2 is 2.12 bits per heavy atom. The molecule has 0 bridgehead atoms. The van der Waals surface area contributed by atoms with Crippen LogP contribution in [-0.2, 0) is 11.3 Å². The molecule has 0 amide bonds. The van der Waals surface area contributed by atoms with E-state index < -0.39 is 12.1 Å². The first-order chi connectivity index (χ1) is 12.2. The number of carbonyl (C=O) groups is 1. The summed E-state index contributed by atoms with van der Waals surface area (Å²) in [7, 11) is 1.93. The molecular weight excluding hydrogens is 373 g/mol. The first-order valence-corrected chi connectivity index (χ1v) is 8.14. The first kappa shape index (κ1) is 19.7. The number of aryl methyl sites for hydroxylation is 1. The summed E-state index contributed by atoms with van der Waals surface area (Å²) in [6.07, 6.45) is -3.38. The van der Waals surface area contributed by atoms with Gasteiger partial charge in [0.15, 0.2) is 11.3 Å². The van der Waals surface area contributed by atoms with Crippen molar-refractivity contribution in [2.75, 3.05) is 7.05 Å². The maximum absolute atomic E-state index is 10.6. The topological polar surface area (TPSA) is 84.6 Å². The van der Waals surface area contributed by atoms with Crippen molar-refractivity contribution in [2.45, 2.75) is 19.6 Å². The largest absolute Gasteiger partial charge is 0.490 e. The predicted octanol–water partition coefficient (Wildman–Crippen LogP) is 4.34. The molecule has 0 aliphatic heterocycles. The highest BCUT2D eigenvalue weighted by Gasteiger charge is 2.38. The van der Waals surface area contributed by atoms with Crippen molar-refractivity contribution < 1.29 is 32.2 Å². The lowest BCUT2D eigenvalue weighted by Gasteiger charge is -2.02. The molecule has 1 aromatic carbocycles. The number of aromatic nitrogens is 1. The number of carboxylic acids is 1. The Balaban J connectivity index is 0.000000298. The third-order valence-electron chi connectivity index (χ3n) is 3.20. The molecular formula is C16H15F3N2O4S. The van der Waals surface area contributed by atoms with Crippen molar-refractivity contribution in [1.29, 1.82) is 0 Å². The van der Waals surface area contributed by atoms with Gasteiger partial charge in [-0.05, 0) is 20.0 Å². The molecule has 140 valence electrons. The van der Waals surface area contributed by atoms with Crippen molar-refractivity contribution in [2.24, 2.45) is 0 Å². The average Bonchev–Trinajstić information content (AvgIpc) is 3.17. The highest BCUT2D eigenvalue weighted by atomic mass is 32.1. The number of carboxylic acid groups (broad SMARTS) is 1. The Morgan fingerprint density at radius 1 is 1.42 bits per heavy atom. The fourth-order valence-electron chi connectivity index (χ4n) is 2.10. The number of nitrogens with one attached hydrogen (secondary N) is 1. The number of alkyl halides is 3. The van der Waals surface area contributed by atoms with E-state index in [1.54, 1.807) is 11.7 Å². The van der Waals surface area contributed by atoms with Crippen LogP contribution in [0.5, 0.6) is 10.8 Å². The lowest BCUT2D eigenvalue weighted by molar-refractivity contribution is -0.192. The highest BCUT2D eigenvalue weighted by Crippen LogP contribution is 2.35. The number of hydrogen-bond acceptors (Lipinski definition) is 6. The molecule has 0 radical (unpaired) electrons. The summed E-state index contributed by atoms with van der Waals surface area (Å²) in [6.45, 7) is 2.76. The second kappa shape index (κ2) is 8.19. The van der Waals surface area contributed by atoms with E-state index in [1.807, 2.05) is 26.1 Å². The van der Waals surface area contributed by atoms with Crippen LogP contribution in [0.15, 0.2) is 34.3 Å². The summed E-state index contributed by atoms with van der Waals surface area (Å²) in [6, 6.07) is 5.94. The van der Waals surface area contributed by atoms with Crippen molar-refractivity contribution in [3.05, 3.63) is 41.2 Å². The first-order valence-electron chi connectivity index (χ1n) is 7.26. The number of furan rings is 1. The van der Waals surface area contributed by atoms with Crippen molar-refractivity contribution in [1.82, 2.24) is 10.3 Å². The third kappa shape index (κ3) is 4.73. The SMILES string of the molecule is CNCc1c(C)oc2c(Oc3cncs3)cccc12.O=C(O)C(F)(F)F. The quantitative estimate of drug-likeness (QED) is 0.692. The van der Waals surface area contributed by atoms with E-state index in [9.17, 15) is 13.2 Å². The summed E-state index contributed by atoms with van der Waals surface area (Å²) in [4.78, 5) is 12.9. The van der Waals surface area contributed by atoms with Gasteiger partial charge in [-0.25, -0.2) is 9.78 Å². The van der Waals surface area contributed by atoms with Gasteiger partial charge in [0.1, 0.15) is 5.76 Å². The normalized spacial score (nSPS) is 11.1. The maximum Gasteiger partial charge on any atom is 0.490 e. The van der Waals surface area contributed by atoms with E-state index in [-0.39, 0.29) is 0 Å². The van der Waals surface area contributed by atoms with E-state index in [0.29, 0.717) is 0 Å². The number of thiazole rings is 1. The van der Waals surface area contributed by atoms with Crippen LogP contribution in [-0.4, -0.2) is 29.3 Å². The summed E-state index contributed by atoms with van der Waals surface area (Å²) >= 11 is 1.46. The summed E-state index contributed by atoms with van der Waals surface area (Å²) in [5.41, 5.74) is 3.71. The number of ether oxygens (including phenoxy) is 1. The molecule has 0 aliphatic rings. The van der Waals surface area contributed by atoms with Crippen LogP contribution in [0.25, 0.3) is 11.0 Å². The lowest BCUT2D eigenvalue weighted by atomic mass is 10.1. The molecule has 0 atom stereocenters. The summed E-state index contributed by atoms with van der Waals surface area (Å²) < 4.78 is 43.4. The van der Waals surface area contributed by atoms with Crippen LogP contribution in [0.3, 0.4) is 0 Å². The molecule has 6 nitrogen and oxygen atoms in total. The molecule has 2 N–H and O–H groups in total. The molecule has 2 aromatic heterocycles. The van der Waals surface area contributed by atoms with Gasteiger partial charge in [-0.15, -0.1) is 0 Å². The zero-order valence-corrected chi connectivity index (χ0v) is 14.6. The minimum atomic E-state index is -5.08. The molecule has 0 fully saturated rings. The van der Waals surface area contributed by atoms with Crippen molar-refractivity contribution in [3.8, 4) is 10.8 Å². The van der Waals surface area contributed by atoms with E-state index in [0.717, 1.165) is 34.1 Å². The van der Waals surface area contributed by atoms with Crippen LogP contribution >= 0.6 is 11.3 Å². The molecule has 0 saturated carbocycles. The molecule has 0 saturated heterocycles. The van der Waals surface area contributed by atoms with Crippen LogP contribution in [0.4, 0.5) is 13.2 Å². The van der Waals surface area contributed by atoms with Gasteiger partial charge in [-0.1, -0.05) is 23.5 Å². The molecule has 26 heavy (non-hydrogen) atoms. The number of nitrogens with zero attached hydrogens (tertiary/aromatic N) is 1. The number of rotatable bonds is 4. The van der Waals surface area contributed by atoms with Gasteiger partial charge in [0.2, 0.25) is 5.06 Å². The van der Waals surface area contributed by atoms with Gasteiger partial charge in [0.05, 0.1) is 11.7 Å². The van der Waals surface area contributed by atoms with E-state index >= 15 is 0 Å². The van der Waals surface area contributed by atoms with E-state index in [1.165, 1.54) is 16.9 Å². The van der Waals surface area contributed by atoms with Crippen molar-refractivity contribution >= 4 is 28.3 Å². The number of fused-ring (bicyclic) bond motifs is 1. The summed E-state index contributed by atoms with van der Waals surface area (Å²) in [5, 5.41) is 12.1. The Bertz CT molecular complexity index is 876. The number of hydrogen-bond donors (Lipinski definition) is 2. The number of benzene rings is 1. The zero-order valence-electron chi connectivity index (χ0n) is 13.8. The van der Waals surface area contributed by atoms with E-state index in [4.69, 9.17) is 19.1 Å². The monoisotopic (exact) mass is 388 g/mol. The number of aliphatic carboxylic acids is 1. The fraction of sp³-hybridized carbons (Fsp3) is 0.250. The smallest absolute Gasteiger partial charge is 0.475 e. The van der Waals surface area contributed by atoms with Gasteiger partial charge < -0.3 is 19.6 Å². The van der Waals surface area contributed by atoms with E-state index in [2.05, 4.69) is 16.4 Å². The standard InChI is InChI=1S/C14H14N2O2S.C2HF3O2/c1-9-11(6-15-2)10-4-3-5-12(14(10)17-9)18-13-7-16-8-19-13;3-2(4,5)1(6)7/h3-5,7-8,15H,6H2,1-2H3;(H,6,7). The van der Waals surface area contributed by atoms with Crippen LogP contribution in [0.1, 0.15) is 11.3 Å². The van der Waals surface area contributed by atoms with Crippen molar-refractivity contribution in [3.63, 3.8) is 0 Å². The number of halogens is 3. The lowest BCUT2D eigenvalue weighted by Crippen LogP contribution is -2.21. The molecule has 10 heteroatoms. The molecule has 0 spiro atoms. The average molecular weight is 388 g/mol. The third-order valence-corrected chi connectivity index (χ3v) is 3.85. The zero-order chi connectivity index (χ0) is 19.3. The molecule has 3 rings (SSSR count). The highest BCUT2D eigenvalue weighted by molar-refractivity contribution is 7.11. The Kier molecular flexibility index (Phi) is 6.22. The van der Waals surface area contributed by atoms with Crippen LogP contribution < -0.4 is 10.1 Å². The molecule has 3 aromatic rings. The minimum absolute atomic E-state index is 0.729. The van der Waals surface area contributed by atoms with Gasteiger partial charge in [-0.3, -0.25) is 0 Å². The second-order valence-electron chi connectivity index (χ2n) is 5.03. The number of para-hydroxylation sites is 1. The van der Waals surface area contributed by atoms with Gasteiger partial charge in [-0.2, -0.15) is 13.2 Å².